The summed E-state index contributed by atoms with van der Waals surface area (Å²) in [5.74, 6) is -0.688. The summed E-state index contributed by atoms with van der Waals surface area (Å²) in [4.78, 5) is 31.0. The van der Waals surface area contributed by atoms with Crippen molar-refractivity contribution in [3.63, 3.8) is 0 Å². The van der Waals surface area contributed by atoms with Crippen molar-refractivity contribution < 1.29 is 9.18 Å². The summed E-state index contributed by atoms with van der Waals surface area (Å²) in [6, 6.07) is 5.85. The Kier molecular flexibility index (Phi) is 4.23. The zero-order valence-corrected chi connectivity index (χ0v) is 15.5. The molecule has 0 atom stereocenters. The molecule has 9 heteroatoms. The molecular weight excluding hydrogens is 369 g/mol. The van der Waals surface area contributed by atoms with E-state index in [-0.39, 0.29) is 24.8 Å². The van der Waals surface area contributed by atoms with Gasteiger partial charge in [0.25, 0.3) is 0 Å². The Morgan fingerprint density at radius 2 is 2.00 bits per heavy atom. The van der Waals surface area contributed by atoms with Gasteiger partial charge in [-0.3, -0.25) is 4.79 Å². The van der Waals surface area contributed by atoms with E-state index in [1.54, 1.807) is 23.5 Å². The molecular formula is C18H16FN5O2S. The van der Waals surface area contributed by atoms with Crippen molar-refractivity contribution in [1.29, 1.82) is 0 Å². The molecule has 0 fully saturated rings. The van der Waals surface area contributed by atoms with E-state index in [2.05, 4.69) is 15.4 Å². The summed E-state index contributed by atoms with van der Waals surface area (Å²) in [5.41, 5.74) is 1.88. The van der Waals surface area contributed by atoms with Crippen molar-refractivity contribution >= 4 is 33.1 Å². The van der Waals surface area contributed by atoms with Crippen molar-refractivity contribution in [1.82, 2.24) is 24.5 Å². The molecule has 138 valence electrons. The number of thiophene rings is 1. The third-order valence-electron chi connectivity index (χ3n) is 4.45. The van der Waals surface area contributed by atoms with Gasteiger partial charge in [-0.15, -0.1) is 16.4 Å². The van der Waals surface area contributed by atoms with E-state index < -0.39 is 5.69 Å². The Morgan fingerprint density at radius 3 is 2.74 bits per heavy atom. The highest BCUT2D eigenvalue weighted by Crippen LogP contribution is 2.30. The predicted molar refractivity (Wildman–Crippen MR) is 100 cm³/mol. The number of hydrogen-bond donors (Lipinski definition) is 1. The van der Waals surface area contributed by atoms with Crippen molar-refractivity contribution in [2.24, 2.45) is 0 Å². The number of aromatic nitrogens is 4. The Hall–Kier alpha value is -3.07. The number of halogens is 1. The number of nitrogens with one attached hydrogen (secondary N) is 1. The second-order valence-electron chi connectivity index (χ2n) is 6.24. The summed E-state index contributed by atoms with van der Waals surface area (Å²) in [5, 5.41) is 7.89. The maximum Gasteiger partial charge on any atom is 0.352 e. The molecule has 4 rings (SSSR count). The van der Waals surface area contributed by atoms with Gasteiger partial charge in [0.05, 0.1) is 5.39 Å². The van der Waals surface area contributed by atoms with Crippen LogP contribution in [0.4, 0.5) is 4.39 Å². The minimum absolute atomic E-state index is 0.203. The smallest absolute Gasteiger partial charge is 0.350 e. The van der Waals surface area contributed by atoms with Gasteiger partial charge in [0, 0.05) is 11.4 Å². The summed E-state index contributed by atoms with van der Waals surface area (Å²) in [7, 11) is 0. The third kappa shape index (κ3) is 3.10. The average molecular weight is 385 g/mol. The molecule has 0 unspecified atom stereocenters. The van der Waals surface area contributed by atoms with Gasteiger partial charge in [0.1, 0.15) is 23.5 Å². The lowest BCUT2D eigenvalue weighted by atomic mass is 10.2. The van der Waals surface area contributed by atoms with E-state index in [4.69, 9.17) is 0 Å². The SMILES string of the molecule is Cc1sc2ncn3c(=O)n(CC(=O)NCc4ccc(F)cc4)nc3c2c1C. The van der Waals surface area contributed by atoms with Crippen LogP contribution >= 0.6 is 11.3 Å². The lowest BCUT2D eigenvalue weighted by molar-refractivity contribution is -0.122. The molecule has 1 N–H and O–H groups in total. The second-order valence-corrected chi connectivity index (χ2v) is 7.45. The molecule has 1 aromatic carbocycles. The molecule has 3 heterocycles. The number of rotatable bonds is 4. The van der Waals surface area contributed by atoms with Crippen molar-refractivity contribution in [3.8, 4) is 0 Å². The summed E-state index contributed by atoms with van der Waals surface area (Å²) in [6.45, 7) is 4.01. The molecule has 0 saturated heterocycles. The highest BCUT2D eigenvalue weighted by molar-refractivity contribution is 7.18. The van der Waals surface area contributed by atoms with Gasteiger partial charge in [-0.25, -0.2) is 23.3 Å². The number of carbonyl (C=O) groups is 1. The van der Waals surface area contributed by atoms with E-state index in [0.717, 1.165) is 30.9 Å². The Morgan fingerprint density at radius 1 is 1.26 bits per heavy atom. The van der Waals surface area contributed by atoms with Gasteiger partial charge in [-0.05, 0) is 37.1 Å². The van der Waals surface area contributed by atoms with Crippen LogP contribution in [0.3, 0.4) is 0 Å². The quantitative estimate of drug-likeness (QED) is 0.584. The highest BCUT2D eigenvalue weighted by Gasteiger charge is 2.17. The molecule has 0 aliphatic carbocycles. The first-order valence-electron chi connectivity index (χ1n) is 8.29. The van der Waals surface area contributed by atoms with Crippen LogP contribution in [0.25, 0.3) is 15.9 Å². The number of fused-ring (bicyclic) bond motifs is 3. The molecule has 4 aromatic rings. The summed E-state index contributed by atoms with van der Waals surface area (Å²) >= 11 is 1.55. The Labute approximate surface area is 157 Å². The van der Waals surface area contributed by atoms with Gasteiger partial charge in [-0.1, -0.05) is 12.1 Å². The van der Waals surface area contributed by atoms with E-state index in [9.17, 15) is 14.0 Å². The van der Waals surface area contributed by atoms with Crippen LogP contribution in [-0.4, -0.2) is 25.1 Å². The number of amides is 1. The maximum atomic E-state index is 12.9. The number of hydrogen-bond acceptors (Lipinski definition) is 5. The molecule has 0 spiro atoms. The van der Waals surface area contributed by atoms with Gasteiger partial charge < -0.3 is 5.32 Å². The summed E-state index contributed by atoms with van der Waals surface area (Å²) in [6.07, 6.45) is 1.44. The van der Waals surface area contributed by atoms with Gasteiger partial charge in [-0.2, -0.15) is 0 Å². The predicted octanol–water partition coefficient (Wildman–Crippen LogP) is 2.18. The molecule has 0 aliphatic heterocycles. The van der Waals surface area contributed by atoms with E-state index in [0.29, 0.717) is 5.65 Å². The first-order chi connectivity index (χ1) is 12.9. The number of aryl methyl sites for hydroxylation is 2. The molecule has 27 heavy (non-hydrogen) atoms. The van der Waals surface area contributed by atoms with E-state index >= 15 is 0 Å². The number of nitrogens with zero attached hydrogens (tertiary/aromatic N) is 4. The van der Waals surface area contributed by atoms with Crippen molar-refractivity contribution in [2.75, 3.05) is 0 Å². The molecule has 0 bridgehead atoms. The van der Waals surface area contributed by atoms with E-state index in [1.165, 1.54) is 22.9 Å². The standard InChI is InChI=1S/C18H16FN5O2S/c1-10-11(2)27-17-15(10)16-22-24(18(26)23(16)9-21-17)8-14(25)20-7-12-3-5-13(19)6-4-12/h3-6,9H,7-8H2,1-2H3,(H,20,25). The molecule has 0 saturated carbocycles. The average Bonchev–Trinajstić information content (AvgIpc) is 3.11. The first kappa shape index (κ1) is 17.3. The van der Waals surface area contributed by atoms with Crippen LogP contribution in [0.15, 0.2) is 35.4 Å². The first-order valence-corrected chi connectivity index (χ1v) is 9.10. The fraction of sp³-hybridized carbons (Fsp3) is 0.222. The van der Waals surface area contributed by atoms with Crippen LogP contribution in [0.1, 0.15) is 16.0 Å². The molecule has 0 radical (unpaired) electrons. The largest absolute Gasteiger partial charge is 0.352 e. The zero-order chi connectivity index (χ0) is 19.1. The summed E-state index contributed by atoms with van der Waals surface area (Å²) < 4.78 is 15.4. The number of carbonyl (C=O) groups excluding carboxylic acids is 1. The van der Waals surface area contributed by atoms with Crippen LogP contribution in [0.2, 0.25) is 0 Å². The number of benzene rings is 1. The maximum absolute atomic E-state index is 12.9. The van der Waals surface area contributed by atoms with Gasteiger partial charge >= 0.3 is 5.69 Å². The van der Waals surface area contributed by atoms with Gasteiger partial charge in [0.2, 0.25) is 5.91 Å². The van der Waals surface area contributed by atoms with Crippen molar-refractivity contribution in [2.45, 2.75) is 26.9 Å². The molecule has 0 aliphatic rings. The normalized spacial score (nSPS) is 11.4. The highest BCUT2D eigenvalue weighted by atomic mass is 32.1. The molecule has 1 amide bonds. The monoisotopic (exact) mass is 385 g/mol. The van der Waals surface area contributed by atoms with Gasteiger partial charge in [0.15, 0.2) is 5.65 Å². The minimum atomic E-state index is -0.417. The van der Waals surface area contributed by atoms with Crippen LogP contribution in [0, 0.1) is 19.7 Å². The van der Waals surface area contributed by atoms with Crippen LogP contribution in [0.5, 0.6) is 0 Å². The minimum Gasteiger partial charge on any atom is -0.350 e. The van der Waals surface area contributed by atoms with Crippen LogP contribution < -0.4 is 11.0 Å². The van der Waals surface area contributed by atoms with E-state index in [1.807, 2.05) is 13.8 Å². The van der Waals surface area contributed by atoms with Crippen molar-refractivity contribution in [3.05, 3.63) is 62.9 Å². The Bertz CT molecular complexity index is 1220. The second kappa shape index (κ2) is 6.58. The topological polar surface area (TPSA) is 81.3 Å². The fourth-order valence-electron chi connectivity index (χ4n) is 2.87. The Balaban J connectivity index is 1.59. The lowest BCUT2D eigenvalue weighted by Gasteiger charge is -2.04. The lowest BCUT2D eigenvalue weighted by Crippen LogP contribution is -2.32. The zero-order valence-electron chi connectivity index (χ0n) is 14.7. The van der Waals surface area contributed by atoms with Crippen LogP contribution in [-0.2, 0) is 17.9 Å². The fourth-order valence-corrected chi connectivity index (χ4v) is 3.86. The molecule has 7 nitrogen and oxygen atoms in total. The third-order valence-corrected chi connectivity index (χ3v) is 5.56. The molecule has 3 aromatic heterocycles.